The molecule has 0 spiro atoms. The van der Waals surface area contributed by atoms with Gasteiger partial charge < -0.3 is 10.3 Å². The first-order valence-electron chi connectivity index (χ1n) is 2.84. The quantitative estimate of drug-likeness (QED) is 0.662. The van der Waals surface area contributed by atoms with Crippen molar-refractivity contribution in [3.8, 4) is 0 Å². The number of hydrogen-bond acceptors (Lipinski definition) is 1. The summed E-state index contributed by atoms with van der Waals surface area (Å²) in [7, 11) is 0. The Morgan fingerprint density at radius 1 is 1.67 bits per heavy atom. The molecule has 50 valence electrons. The average molecular weight is 145 g/mol. The molecule has 3 heteroatoms. The number of nitrogens with two attached hydrogens (primary N) is 1. The Kier molecular flexibility index (Phi) is 2.14. The molecule has 1 rings (SSSR count). The van der Waals surface area contributed by atoms with Crippen LogP contribution in [0.5, 0.6) is 0 Å². The lowest BCUT2D eigenvalue weighted by molar-refractivity contribution is 0.713. The fourth-order valence-corrected chi connectivity index (χ4v) is 0.881. The van der Waals surface area contributed by atoms with Crippen LogP contribution in [0, 0.1) is 0 Å². The highest BCUT2D eigenvalue weighted by molar-refractivity contribution is 6.30. The Hall–Kier alpha value is -0.470. The van der Waals surface area contributed by atoms with E-state index < -0.39 is 0 Å². The normalized spacial score (nSPS) is 10.0. The fraction of sp³-hybridized carbons (Fsp3) is 0.333. The van der Waals surface area contributed by atoms with Crippen molar-refractivity contribution >= 4 is 11.6 Å². The number of hydrogen-bond donors (Lipinski definition) is 1. The molecule has 0 unspecified atom stereocenters. The topological polar surface area (TPSA) is 30.9 Å². The molecule has 2 N–H and O–H groups in total. The van der Waals surface area contributed by atoms with Gasteiger partial charge in [-0.1, -0.05) is 11.6 Å². The summed E-state index contributed by atoms with van der Waals surface area (Å²) < 4.78 is 1.96. The van der Waals surface area contributed by atoms with Gasteiger partial charge in [-0.3, -0.25) is 0 Å². The summed E-state index contributed by atoms with van der Waals surface area (Å²) in [5.74, 6) is 0. The van der Waals surface area contributed by atoms with E-state index in [-0.39, 0.29) is 0 Å². The lowest BCUT2D eigenvalue weighted by Crippen LogP contribution is -2.07. The second kappa shape index (κ2) is 2.90. The van der Waals surface area contributed by atoms with E-state index in [0.717, 1.165) is 11.6 Å². The monoisotopic (exact) mass is 144 g/mol. The van der Waals surface area contributed by atoms with Gasteiger partial charge in [0.15, 0.2) is 0 Å². The lowest BCUT2D eigenvalue weighted by atomic mass is 10.6. The smallest absolute Gasteiger partial charge is 0.0582 e. The summed E-state index contributed by atoms with van der Waals surface area (Å²) in [4.78, 5) is 0. The first-order chi connectivity index (χ1) is 4.33. The van der Waals surface area contributed by atoms with Gasteiger partial charge in [0.1, 0.15) is 0 Å². The van der Waals surface area contributed by atoms with Crippen LogP contribution < -0.4 is 5.73 Å². The SMILES string of the molecule is NCCn1ccc(Cl)c1. The maximum Gasteiger partial charge on any atom is 0.0582 e. The van der Waals surface area contributed by atoms with Crippen molar-refractivity contribution in [2.45, 2.75) is 6.54 Å². The molecular weight excluding hydrogens is 136 g/mol. The average Bonchev–Trinajstić information content (AvgIpc) is 2.17. The zero-order valence-electron chi connectivity index (χ0n) is 5.05. The number of rotatable bonds is 2. The van der Waals surface area contributed by atoms with E-state index in [1.807, 2.05) is 23.0 Å². The number of nitrogens with zero attached hydrogens (tertiary/aromatic N) is 1. The largest absolute Gasteiger partial charge is 0.351 e. The minimum absolute atomic E-state index is 0.658. The molecule has 0 saturated heterocycles. The number of aromatic nitrogens is 1. The molecule has 1 aromatic rings. The highest BCUT2D eigenvalue weighted by Crippen LogP contribution is 2.06. The standard InChI is InChI=1S/C6H9ClN2/c7-6-1-3-9(5-6)4-2-8/h1,3,5H,2,4,8H2. The molecule has 9 heavy (non-hydrogen) atoms. The molecular formula is C6H9ClN2. The molecule has 1 aromatic heterocycles. The van der Waals surface area contributed by atoms with Crippen molar-refractivity contribution in [1.29, 1.82) is 0 Å². The molecule has 0 fully saturated rings. The molecule has 2 nitrogen and oxygen atoms in total. The third-order valence-electron chi connectivity index (χ3n) is 1.10. The van der Waals surface area contributed by atoms with Crippen LogP contribution in [0.2, 0.25) is 5.02 Å². The molecule has 0 radical (unpaired) electrons. The first kappa shape index (κ1) is 6.65. The molecule has 0 bridgehead atoms. The van der Waals surface area contributed by atoms with Gasteiger partial charge in [-0.2, -0.15) is 0 Å². The zero-order chi connectivity index (χ0) is 6.69. The minimum atomic E-state index is 0.658. The van der Waals surface area contributed by atoms with Gasteiger partial charge in [-0.25, -0.2) is 0 Å². The van der Waals surface area contributed by atoms with Gasteiger partial charge >= 0.3 is 0 Å². The summed E-state index contributed by atoms with van der Waals surface area (Å²) in [6.07, 6.45) is 3.77. The third-order valence-corrected chi connectivity index (χ3v) is 1.33. The molecule has 0 atom stereocenters. The highest BCUT2D eigenvalue weighted by Gasteiger charge is 1.89. The highest BCUT2D eigenvalue weighted by atomic mass is 35.5. The Bertz CT molecular complexity index is 183. The van der Waals surface area contributed by atoms with E-state index in [4.69, 9.17) is 17.3 Å². The molecule has 0 aromatic carbocycles. The Morgan fingerprint density at radius 3 is 2.89 bits per heavy atom. The van der Waals surface area contributed by atoms with Crippen LogP contribution in [0.1, 0.15) is 0 Å². The van der Waals surface area contributed by atoms with E-state index in [1.54, 1.807) is 0 Å². The predicted octanol–water partition coefficient (Wildman–Crippen LogP) is 1.10. The van der Waals surface area contributed by atoms with Crippen LogP contribution in [0.15, 0.2) is 18.5 Å². The molecule has 0 amide bonds. The Labute approximate surface area is 59.2 Å². The summed E-state index contributed by atoms with van der Waals surface area (Å²) in [6, 6.07) is 1.84. The van der Waals surface area contributed by atoms with Gasteiger partial charge in [0.25, 0.3) is 0 Å². The molecule has 0 aliphatic carbocycles. The number of halogens is 1. The van der Waals surface area contributed by atoms with E-state index in [2.05, 4.69) is 0 Å². The van der Waals surface area contributed by atoms with Crippen LogP contribution in [0.4, 0.5) is 0 Å². The first-order valence-corrected chi connectivity index (χ1v) is 3.22. The molecule has 0 saturated carbocycles. The predicted molar refractivity (Wildman–Crippen MR) is 38.5 cm³/mol. The second-order valence-corrected chi connectivity index (χ2v) is 2.29. The van der Waals surface area contributed by atoms with E-state index in [0.29, 0.717) is 6.54 Å². The third kappa shape index (κ3) is 1.73. The summed E-state index contributed by atoms with van der Waals surface area (Å²) in [6.45, 7) is 1.50. The van der Waals surface area contributed by atoms with Crippen molar-refractivity contribution in [2.24, 2.45) is 5.73 Å². The zero-order valence-corrected chi connectivity index (χ0v) is 5.80. The van der Waals surface area contributed by atoms with Gasteiger partial charge in [-0.05, 0) is 6.07 Å². The van der Waals surface area contributed by atoms with E-state index >= 15 is 0 Å². The van der Waals surface area contributed by atoms with Gasteiger partial charge in [-0.15, -0.1) is 0 Å². The Morgan fingerprint density at radius 2 is 2.44 bits per heavy atom. The van der Waals surface area contributed by atoms with Crippen LogP contribution in [-0.2, 0) is 6.54 Å². The van der Waals surface area contributed by atoms with E-state index in [1.165, 1.54) is 0 Å². The van der Waals surface area contributed by atoms with Crippen LogP contribution in [0.25, 0.3) is 0 Å². The van der Waals surface area contributed by atoms with Gasteiger partial charge in [0, 0.05) is 25.5 Å². The van der Waals surface area contributed by atoms with Crippen molar-refractivity contribution in [3.05, 3.63) is 23.5 Å². The Balaban J connectivity index is 2.61. The molecule has 0 aliphatic rings. The lowest BCUT2D eigenvalue weighted by Gasteiger charge is -1.95. The van der Waals surface area contributed by atoms with Gasteiger partial charge in [0.05, 0.1) is 5.02 Å². The summed E-state index contributed by atoms with van der Waals surface area (Å²) in [5.41, 5.74) is 5.31. The minimum Gasteiger partial charge on any atom is -0.351 e. The summed E-state index contributed by atoms with van der Waals surface area (Å²) in [5, 5.41) is 0.767. The van der Waals surface area contributed by atoms with Crippen molar-refractivity contribution in [1.82, 2.24) is 4.57 Å². The van der Waals surface area contributed by atoms with Crippen molar-refractivity contribution in [3.63, 3.8) is 0 Å². The van der Waals surface area contributed by atoms with E-state index in [9.17, 15) is 0 Å². The van der Waals surface area contributed by atoms with Crippen molar-refractivity contribution in [2.75, 3.05) is 6.54 Å². The van der Waals surface area contributed by atoms with Gasteiger partial charge in [0.2, 0.25) is 0 Å². The van der Waals surface area contributed by atoms with Crippen LogP contribution >= 0.6 is 11.6 Å². The maximum absolute atomic E-state index is 5.63. The fourth-order valence-electron chi connectivity index (χ4n) is 0.700. The molecule has 0 aliphatic heterocycles. The van der Waals surface area contributed by atoms with Crippen LogP contribution in [0.3, 0.4) is 0 Å². The second-order valence-electron chi connectivity index (χ2n) is 1.86. The summed E-state index contributed by atoms with van der Waals surface area (Å²) >= 11 is 5.63. The van der Waals surface area contributed by atoms with Crippen molar-refractivity contribution < 1.29 is 0 Å². The maximum atomic E-state index is 5.63. The molecule has 1 heterocycles. The van der Waals surface area contributed by atoms with Crippen LogP contribution in [-0.4, -0.2) is 11.1 Å².